The van der Waals surface area contributed by atoms with Gasteiger partial charge in [-0.3, -0.25) is 19.7 Å². The fourth-order valence-electron chi connectivity index (χ4n) is 3.62. The second kappa shape index (κ2) is 11.0. The van der Waals surface area contributed by atoms with Crippen molar-refractivity contribution < 1.29 is 24.0 Å². The highest BCUT2D eigenvalue weighted by Crippen LogP contribution is 2.19. The van der Waals surface area contributed by atoms with Crippen LogP contribution in [0.15, 0.2) is 66.7 Å². The summed E-state index contributed by atoms with van der Waals surface area (Å²) in [5.74, 6) is -1.65. The molecule has 3 rings (SSSR count). The number of carbonyl (C=O) groups is 3. The van der Waals surface area contributed by atoms with Crippen LogP contribution in [0.3, 0.4) is 0 Å². The lowest BCUT2D eigenvalue weighted by atomic mass is 10.0. The van der Waals surface area contributed by atoms with E-state index in [2.05, 4.69) is 10.6 Å². The van der Waals surface area contributed by atoms with Crippen LogP contribution in [0.5, 0.6) is 0 Å². The van der Waals surface area contributed by atoms with E-state index in [1.807, 2.05) is 30.3 Å². The van der Waals surface area contributed by atoms with Gasteiger partial charge in [0.05, 0.1) is 4.92 Å². The Hall–Kier alpha value is -4.27. The number of hydrogen-bond donors (Lipinski definition) is 2. The van der Waals surface area contributed by atoms with E-state index in [-0.39, 0.29) is 12.1 Å². The quantitative estimate of drug-likeness (QED) is 0.279. The maximum Gasteiger partial charge on any atom is 0.328 e. The molecular weight excluding hydrogens is 462 g/mol. The Labute approximate surface area is 209 Å². The van der Waals surface area contributed by atoms with Gasteiger partial charge in [0.2, 0.25) is 5.91 Å². The molecule has 0 fully saturated rings. The summed E-state index contributed by atoms with van der Waals surface area (Å²) in [6.45, 7) is 6.67. The topological polar surface area (TPSA) is 128 Å². The molecule has 0 bridgehead atoms. The van der Waals surface area contributed by atoms with E-state index >= 15 is 0 Å². The van der Waals surface area contributed by atoms with E-state index in [9.17, 15) is 24.5 Å². The van der Waals surface area contributed by atoms with Gasteiger partial charge in [0.15, 0.2) is 0 Å². The van der Waals surface area contributed by atoms with E-state index in [1.165, 1.54) is 31.2 Å². The monoisotopic (exact) mass is 491 g/mol. The van der Waals surface area contributed by atoms with Crippen molar-refractivity contribution in [2.45, 2.75) is 51.8 Å². The van der Waals surface area contributed by atoms with Gasteiger partial charge in [-0.05, 0) is 50.1 Å². The number of amides is 2. The highest BCUT2D eigenvalue weighted by atomic mass is 16.6. The summed E-state index contributed by atoms with van der Waals surface area (Å²) >= 11 is 0. The maximum atomic E-state index is 13.2. The molecule has 188 valence electrons. The minimum atomic E-state index is -1.05. The van der Waals surface area contributed by atoms with Crippen molar-refractivity contribution in [2.75, 3.05) is 0 Å². The van der Waals surface area contributed by atoms with Crippen molar-refractivity contribution in [3.63, 3.8) is 0 Å². The predicted molar refractivity (Wildman–Crippen MR) is 135 cm³/mol. The molecule has 2 N–H and O–H groups in total. The van der Waals surface area contributed by atoms with Gasteiger partial charge in [-0.2, -0.15) is 0 Å². The Morgan fingerprint density at radius 1 is 0.944 bits per heavy atom. The first-order chi connectivity index (χ1) is 16.9. The lowest BCUT2D eigenvalue weighted by molar-refractivity contribution is -0.384. The third kappa shape index (κ3) is 6.88. The van der Waals surface area contributed by atoms with Crippen LogP contribution in [0.1, 0.15) is 43.6 Å². The minimum Gasteiger partial charge on any atom is -0.458 e. The first kappa shape index (κ1) is 26.3. The summed E-state index contributed by atoms with van der Waals surface area (Å²) in [5.41, 5.74) is 0.188. The molecular formula is C27H29N3O6. The lowest BCUT2D eigenvalue weighted by Gasteiger charge is -2.24. The van der Waals surface area contributed by atoms with Crippen LogP contribution in [0, 0.1) is 10.1 Å². The summed E-state index contributed by atoms with van der Waals surface area (Å²) in [4.78, 5) is 49.3. The summed E-state index contributed by atoms with van der Waals surface area (Å²) in [6, 6.07) is 16.4. The first-order valence-electron chi connectivity index (χ1n) is 11.5. The van der Waals surface area contributed by atoms with E-state index in [0.29, 0.717) is 11.1 Å². The molecule has 0 unspecified atom stereocenters. The van der Waals surface area contributed by atoms with Crippen LogP contribution in [0.4, 0.5) is 5.69 Å². The van der Waals surface area contributed by atoms with Crippen molar-refractivity contribution in [3.8, 4) is 0 Å². The molecule has 2 amide bonds. The molecule has 0 aliphatic heterocycles. The molecule has 36 heavy (non-hydrogen) atoms. The van der Waals surface area contributed by atoms with E-state index < -0.39 is 40.4 Å². The number of hydrogen-bond acceptors (Lipinski definition) is 6. The van der Waals surface area contributed by atoms with Gasteiger partial charge in [-0.15, -0.1) is 0 Å². The highest BCUT2D eigenvalue weighted by Gasteiger charge is 2.28. The zero-order valence-electron chi connectivity index (χ0n) is 20.6. The Balaban J connectivity index is 1.84. The van der Waals surface area contributed by atoms with Crippen LogP contribution in [-0.4, -0.2) is 40.4 Å². The van der Waals surface area contributed by atoms with Gasteiger partial charge < -0.3 is 15.4 Å². The number of nitrogens with one attached hydrogen (secondary N) is 2. The third-order valence-electron chi connectivity index (χ3n) is 5.36. The Morgan fingerprint density at radius 2 is 1.58 bits per heavy atom. The normalized spacial score (nSPS) is 12.9. The van der Waals surface area contributed by atoms with Crippen molar-refractivity contribution in [3.05, 3.63) is 88.0 Å². The molecule has 0 saturated heterocycles. The highest BCUT2D eigenvalue weighted by molar-refractivity contribution is 6.08. The second-order valence-corrected chi connectivity index (χ2v) is 9.44. The van der Waals surface area contributed by atoms with Gasteiger partial charge in [0, 0.05) is 24.1 Å². The molecule has 9 heteroatoms. The van der Waals surface area contributed by atoms with Crippen LogP contribution in [0.25, 0.3) is 10.8 Å². The van der Waals surface area contributed by atoms with Gasteiger partial charge in [-0.25, -0.2) is 4.79 Å². The zero-order chi connectivity index (χ0) is 26.5. The number of fused-ring (bicyclic) bond motifs is 1. The van der Waals surface area contributed by atoms with Gasteiger partial charge >= 0.3 is 5.97 Å². The van der Waals surface area contributed by atoms with Gasteiger partial charge in [0.1, 0.15) is 17.7 Å². The van der Waals surface area contributed by atoms with Crippen LogP contribution < -0.4 is 10.6 Å². The molecule has 0 aliphatic rings. The number of non-ortho nitro benzene ring substituents is 1. The molecule has 2 atom stereocenters. The maximum absolute atomic E-state index is 13.2. The predicted octanol–water partition coefficient (Wildman–Crippen LogP) is 3.94. The molecule has 0 saturated carbocycles. The first-order valence-corrected chi connectivity index (χ1v) is 11.5. The van der Waals surface area contributed by atoms with Crippen molar-refractivity contribution in [1.82, 2.24) is 10.6 Å². The van der Waals surface area contributed by atoms with Crippen molar-refractivity contribution in [2.24, 2.45) is 0 Å². The zero-order valence-corrected chi connectivity index (χ0v) is 20.6. The lowest BCUT2D eigenvalue weighted by Crippen LogP contribution is -2.52. The van der Waals surface area contributed by atoms with Crippen LogP contribution in [0.2, 0.25) is 0 Å². The van der Waals surface area contributed by atoms with Crippen molar-refractivity contribution in [1.29, 1.82) is 0 Å². The number of carbonyl (C=O) groups excluding carboxylic acids is 3. The number of nitrogens with zero attached hydrogens (tertiary/aromatic N) is 1. The number of rotatable bonds is 8. The molecule has 0 aromatic heterocycles. The third-order valence-corrected chi connectivity index (χ3v) is 5.36. The van der Waals surface area contributed by atoms with Crippen molar-refractivity contribution >= 4 is 34.2 Å². The Morgan fingerprint density at radius 3 is 2.22 bits per heavy atom. The van der Waals surface area contributed by atoms with Gasteiger partial charge in [0.25, 0.3) is 11.6 Å². The van der Waals surface area contributed by atoms with E-state index in [0.717, 1.165) is 10.8 Å². The van der Waals surface area contributed by atoms with Crippen LogP contribution in [-0.2, 0) is 20.7 Å². The van der Waals surface area contributed by atoms with Gasteiger partial charge in [-0.1, -0.05) is 48.5 Å². The van der Waals surface area contributed by atoms with Crippen LogP contribution >= 0.6 is 0 Å². The average molecular weight is 492 g/mol. The van der Waals surface area contributed by atoms with E-state index in [4.69, 9.17) is 4.74 Å². The molecule has 0 radical (unpaired) electrons. The standard InChI is InChI=1S/C27H29N3O6/c1-17(26(33)36-27(2,3)4)28-25(32)23(16-18-12-14-20(15-13-18)30(34)35)29-24(31)22-11-7-9-19-8-5-6-10-21(19)22/h5-15,17,23H,16H2,1-4H3,(H,28,32)(H,29,31)/t17-,23+/m1/s1. The molecule has 0 aliphatic carbocycles. The Bertz CT molecular complexity index is 1280. The fourth-order valence-corrected chi connectivity index (χ4v) is 3.62. The summed E-state index contributed by atoms with van der Waals surface area (Å²) in [7, 11) is 0. The average Bonchev–Trinajstić information content (AvgIpc) is 2.82. The molecule has 9 nitrogen and oxygen atoms in total. The molecule has 3 aromatic carbocycles. The number of benzene rings is 3. The Kier molecular flexibility index (Phi) is 8.03. The molecule has 0 heterocycles. The second-order valence-electron chi connectivity index (χ2n) is 9.44. The minimum absolute atomic E-state index is 0.0569. The largest absolute Gasteiger partial charge is 0.458 e. The fraction of sp³-hybridized carbons (Fsp3) is 0.296. The van der Waals surface area contributed by atoms with E-state index in [1.54, 1.807) is 32.9 Å². The number of esters is 1. The molecule has 3 aromatic rings. The summed E-state index contributed by atoms with van der Waals surface area (Å²) in [6.07, 6.45) is 0.0569. The SMILES string of the molecule is C[C@@H](NC(=O)[C@H](Cc1ccc([N+](=O)[O-])cc1)NC(=O)c1cccc2ccccc12)C(=O)OC(C)(C)C. The summed E-state index contributed by atoms with van der Waals surface area (Å²) < 4.78 is 5.33. The number of nitro benzene ring substituents is 1. The summed E-state index contributed by atoms with van der Waals surface area (Å²) in [5, 5.41) is 18.0. The molecule has 0 spiro atoms. The number of nitro groups is 1. The number of ether oxygens (including phenoxy) is 1. The smallest absolute Gasteiger partial charge is 0.328 e.